The molecule has 0 heterocycles. The highest BCUT2D eigenvalue weighted by Crippen LogP contribution is 2.25. The molecule has 0 radical (unpaired) electrons. The lowest BCUT2D eigenvalue weighted by molar-refractivity contribution is -0.114. The Morgan fingerprint density at radius 3 is 1.84 bits per heavy atom. The van der Waals surface area contributed by atoms with Crippen LogP contribution in [0.5, 0.6) is 0 Å². The van der Waals surface area contributed by atoms with Gasteiger partial charge >= 0.3 is 0 Å². The third-order valence-electron chi connectivity index (χ3n) is 5.21. The van der Waals surface area contributed by atoms with Crippen LogP contribution in [0.25, 0.3) is 0 Å². The molecule has 0 unspecified atom stereocenters. The Kier molecular flexibility index (Phi) is 8.15. The van der Waals surface area contributed by atoms with Crippen LogP contribution in [0.4, 0.5) is 17.1 Å². The lowest BCUT2D eigenvalue weighted by Crippen LogP contribution is -2.38. The minimum atomic E-state index is -4.03. The predicted molar refractivity (Wildman–Crippen MR) is 152 cm³/mol. The first-order chi connectivity index (χ1) is 17.6. The van der Waals surface area contributed by atoms with Crippen molar-refractivity contribution in [3.8, 4) is 0 Å². The monoisotopic (exact) mass is 647 g/mol. The topological polar surface area (TPSA) is 113 Å². The fourth-order valence-corrected chi connectivity index (χ4v) is 6.27. The number of para-hydroxylation sites is 1. The largest absolute Gasteiger partial charge is 0.325 e. The van der Waals surface area contributed by atoms with Crippen LogP contribution < -0.4 is 14.3 Å². The first-order valence-electron chi connectivity index (χ1n) is 11.0. The molecule has 0 saturated heterocycles. The van der Waals surface area contributed by atoms with E-state index in [0.29, 0.717) is 17.1 Å². The number of hydrogen-bond acceptors (Lipinski definition) is 5. The zero-order valence-electron chi connectivity index (χ0n) is 19.3. The Labute approximate surface area is 229 Å². The average molecular weight is 648 g/mol. The molecule has 190 valence electrons. The molecule has 0 aliphatic carbocycles. The van der Waals surface area contributed by atoms with E-state index < -0.39 is 32.5 Å². The van der Waals surface area contributed by atoms with Crippen molar-refractivity contribution >= 4 is 65.6 Å². The molecule has 4 aromatic rings. The maximum absolute atomic E-state index is 13.4. The molecule has 0 fully saturated rings. The van der Waals surface area contributed by atoms with Crippen molar-refractivity contribution in [2.24, 2.45) is 0 Å². The molecule has 4 rings (SSSR count). The van der Waals surface area contributed by atoms with Crippen LogP contribution in [-0.4, -0.2) is 29.3 Å². The molecule has 0 atom stereocenters. The molecule has 0 saturated carbocycles. The minimum absolute atomic E-state index is 0.0153. The summed E-state index contributed by atoms with van der Waals surface area (Å²) in [6.07, 6.45) is 0. The van der Waals surface area contributed by atoms with Gasteiger partial charge in [-0.05, 0) is 95.4 Å². The normalized spacial score (nSPS) is 11.5. The molecule has 2 N–H and O–H groups in total. The van der Waals surface area contributed by atoms with Crippen molar-refractivity contribution in [2.75, 3.05) is 20.9 Å². The molecule has 0 aromatic heterocycles. The number of benzene rings is 4. The Bertz CT molecular complexity index is 1580. The van der Waals surface area contributed by atoms with E-state index in [1.54, 1.807) is 72.8 Å². The highest BCUT2D eigenvalue weighted by atomic mass is 127. The number of anilines is 3. The Morgan fingerprint density at radius 1 is 0.676 bits per heavy atom. The van der Waals surface area contributed by atoms with Gasteiger partial charge in [0.15, 0.2) is 0 Å². The third-order valence-corrected chi connectivity index (χ3v) is 9.11. The predicted octanol–water partition coefficient (Wildman–Crippen LogP) is 4.93. The lowest BCUT2D eigenvalue weighted by atomic mass is 10.3. The van der Waals surface area contributed by atoms with Crippen LogP contribution in [-0.2, 0) is 24.8 Å². The van der Waals surface area contributed by atoms with E-state index in [1.165, 1.54) is 36.4 Å². The first kappa shape index (κ1) is 26.6. The number of nitrogens with one attached hydrogen (secondary N) is 2. The number of halogens is 1. The number of nitrogens with zero attached hydrogens (tertiary/aromatic N) is 1. The van der Waals surface area contributed by atoms with Gasteiger partial charge in [0, 0.05) is 14.9 Å². The molecule has 37 heavy (non-hydrogen) atoms. The SMILES string of the molecule is O=C(CN(c1ccc(I)cc1)S(=O)(=O)c1ccccc1)Nc1ccc(S(=O)(=O)Nc2ccccc2)cc1. The number of rotatable bonds is 9. The van der Waals surface area contributed by atoms with E-state index in [9.17, 15) is 21.6 Å². The van der Waals surface area contributed by atoms with Gasteiger partial charge in [-0.15, -0.1) is 0 Å². The Balaban J connectivity index is 1.52. The van der Waals surface area contributed by atoms with Crippen LogP contribution >= 0.6 is 22.6 Å². The fraction of sp³-hybridized carbons (Fsp3) is 0.0385. The van der Waals surface area contributed by atoms with Crippen molar-refractivity contribution in [3.63, 3.8) is 0 Å². The van der Waals surface area contributed by atoms with E-state index in [-0.39, 0.29) is 9.79 Å². The smallest absolute Gasteiger partial charge is 0.264 e. The number of hydrogen-bond donors (Lipinski definition) is 2. The molecular formula is C26H22IN3O5S2. The van der Waals surface area contributed by atoms with Crippen molar-refractivity contribution in [1.82, 2.24) is 0 Å². The van der Waals surface area contributed by atoms with Gasteiger partial charge in [0.1, 0.15) is 6.54 Å². The van der Waals surface area contributed by atoms with Gasteiger partial charge in [-0.3, -0.25) is 13.8 Å². The van der Waals surface area contributed by atoms with Gasteiger partial charge in [-0.25, -0.2) is 16.8 Å². The van der Waals surface area contributed by atoms with E-state index in [1.807, 2.05) is 0 Å². The number of sulfonamides is 2. The summed E-state index contributed by atoms with van der Waals surface area (Å²) in [7, 11) is -7.85. The van der Waals surface area contributed by atoms with E-state index in [0.717, 1.165) is 7.88 Å². The number of carbonyl (C=O) groups excluding carboxylic acids is 1. The zero-order chi connectivity index (χ0) is 26.5. The number of amides is 1. The maximum atomic E-state index is 13.4. The van der Waals surface area contributed by atoms with Crippen LogP contribution in [0.15, 0.2) is 119 Å². The molecule has 11 heteroatoms. The van der Waals surface area contributed by atoms with Gasteiger partial charge in [-0.1, -0.05) is 36.4 Å². The molecule has 0 bridgehead atoms. The number of carbonyl (C=O) groups is 1. The molecule has 0 aliphatic heterocycles. The first-order valence-corrected chi connectivity index (χ1v) is 15.0. The van der Waals surface area contributed by atoms with Crippen molar-refractivity contribution < 1.29 is 21.6 Å². The maximum Gasteiger partial charge on any atom is 0.264 e. The molecular weight excluding hydrogens is 625 g/mol. The molecule has 4 aromatic carbocycles. The molecule has 8 nitrogen and oxygen atoms in total. The van der Waals surface area contributed by atoms with Gasteiger partial charge in [-0.2, -0.15) is 0 Å². The summed E-state index contributed by atoms with van der Waals surface area (Å²) in [5.74, 6) is -0.587. The second kappa shape index (κ2) is 11.3. The summed E-state index contributed by atoms with van der Waals surface area (Å²) in [5.41, 5.74) is 1.09. The quantitative estimate of drug-likeness (QED) is 0.251. The Hall–Kier alpha value is -3.42. The standard InChI is InChI=1S/C26H22IN3O5S2/c27-20-11-15-23(16-12-20)30(37(34,35)25-9-5-2-6-10-25)19-26(31)28-21-13-17-24(18-14-21)36(32,33)29-22-7-3-1-4-8-22/h1-18,29H,19H2,(H,28,31). The second-order valence-corrected chi connectivity index (χ2v) is 12.6. The van der Waals surface area contributed by atoms with Gasteiger partial charge < -0.3 is 5.32 Å². The van der Waals surface area contributed by atoms with Gasteiger partial charge in [0.25, 0.3) is 20.0 Å². The van der Waals surface area contributed by atoms with Crippen LogP contribution in [0.2, 0.25) is 0 Å². The summed E-state index contributed by atoms with van der Waals surface area (Å²) in [5, 5.41) is 2.64. The summed E-state index contributed by atoms with van der Waals surface area (Å²) >= 11 is 2.11. The molecule has 0 aliphatic rings. The fourth-order valence-electron chi connectivity index (χ4n) is 3.41. The van der Waals surface area contributed by atoms with E-state index >= 15 is 0 Å². The third kappa shape index (κ3) is 6.67. The summed E-state index contributed by atoms with van der Waals surface area (Å²) < 4.78 is 56.5. The summed E-state index contributed by atoms with van der Waals surface area (Å²) in [6, 6.07) is 28.7. The second-order valence-electron chi connectivity index (χ2n) is 7.85. The van der Waals surface area contributed by atoms with Crippen molar-refractivity contribution in [1.29, 1.82) is 0 Å². The van der Waals surface area contributed by atoms with Crippen LogP contribution in [0.3, 0.4) is 0 Å². The summed E-state index contributed by atoms with van der Waals surface area (Å²) in [6.45, 7) is -0.479. The average Bonchev–Trinajstić information content (AvgIpc) is 2.89. The molecule has 1 amide bonds. The van der Waals surface area contributed by atoms with E-state index in [2.05, 4.69) is 32.6 Å². The van der Waals surface area contributed by atoms with Crippen molar-refractivity contribution in [3.05, 3.63) is 113 Å². The highest BCUT2D eigenvalue weighted by molar-refractivity contribution is 14.1. The van der Waals surface area contributed by atoms with Gasteiger partial charge in [0.05, 0.1) is 15.5 Å². The van der Waals surface area contributed by atoms with E-state index in [4.69, 9.17) is 0 Å². The minimum Gasteiger partial charge on any atom is -0.325 e. The van der Waals surface area contributed by atoms with Crippen LogP contribution in [0, 0.1) is 3.57 Å². The van der Waals surface area contributed by atoms with Gasteiger partial charge in [0.2, 0.25) is 5.91 Å². The van der Waals surface area contributed by atoms with Crippen molar-refractivity contribution in [2.45, 2.75) is 9.79 Å². The van der Waals surface area contributed by atoms with Crippen LogP contribution in [0.1, 0.15) is 0 Å². The molecule has 0 spiro atoms. The highest BCUT2D eigenvalue weighted by Gasteiger charge is 2.27. The lowest BCUT2D eigenvalue weighted by Gasteiger charge is -2.24. The zero-order valence-corrected chi connectivity index (χ0v) is 23.1. The summed E-state index contributed by atoms with van der Waals surface area (Å²) in [4.78, 5) is 13.0. The Morgan fingerprint density at radius 2 is 1.24 bits per heavy atom.